The summed E-state index contributed by atoms with van der Waals surface area (Å²) in [6, 6.07) is 4.03. The van der Waals surface area contributed by atoms with Gasteiger partial charge in [0, 0.05) is 25.2 Å². The minimum atomic E-state index is -0.517. The third kappa shape index (κ3) is 5.12. The lowest BCUT2D eigenvalue weighted by atomic mass is 10.3. The van der Waals surface area contributed by atoms with Gasteiger partial charge >= 0.3 is 0 Å². The molecular formula is C13H17ClN4O3S. The van der Waals surface area contributed by atoms with Crippen molar-refractivity contribution in [3.8, 4) is 0 Å². The lowest BCUT2D eigenvalue weighted by Gasteiger charge is -2.24. The van der Waals surface area contributed by atoms with Gasteiger partial charge in [-0.2, -0.15) is 0 Å². The largest absolute Gasteiger partial charge is 0.355 e. The van der Waals surface area contributed by atoms with Crippen LogP contribution in [-0.2, 0) is 4.79 Å². The number of nitrogens with one attached hydrogen (secondary N) is 2. The number of nitrogens with zero attached hydrogens (tertiary/aromatic N) is 2. The summed E-state index contributed by atoms with van der Waals surface area (Å²) in [5.41, 5.74) is 0.233. The van der Waals surface area contributed by atoms with Gasteiger partial charge in [-0.3, -0.25) is 14.9 Å². The molecule has 22 heavy (non-hydrogen) atoms. The van der Waals surface area contributed by atoms with Crippen LogP contribution >= 0.6 is 23.8 Å². The Morgan fingerprint density at radius 1 is 1.45 bits per heavy atom. The number of thiocarbonyl (C=S) groups is 1. The van der Waals surface area contributed by atoms with E-state index in [4.69, 9.17) is 23.8 Å². The van der Waals surface area contributed by atoms with Crippen molar-refractivity contribution in [3.05, 3.63) is 33.3 Å². The second-order valence-corrected chi connectivity index (χ2v) is 5.11. The Kier molecular flexibility index (Phi) is 7.00. The van der Waals surface area contributed by atoms with E-state index in [-0.39, 0.29) is 23.3 Å². The van der Waals surface area contributed by atoms with Gasteiger partial charge in [0.1, 0.15) is 0 Å². The highest BCUT2D eigenvalue weighted by Crippen LogP contribution is 2.26. The molecule has 0 spiro atoms. The monoisotopic (exact) mass is 344 g/mol. The summed E-state index contributed by atoms with van der Waals surface area (Å²) >= 11 is 11.2. The lowest BCUT2D eigenvalue weighted by Crippen LogP contribution is -2.42. The van der Waals surface area contributed by atoms with E-state index >= 15 is 0 Å². The topological polar surface area (TPSA) is 87.5 Å². The molecule has 0 atom stereocenters. The number of carbonyl (C=O) groups excluding carboxylic acids is 1. The number of nitro groups is 1. The van der Waals surface area contributed by atoms with Gasteiger partial charge in [0.15, 0.2) is 5.11 Å². The molecule has 1 aromatic rings. The van der Waals surface area contributed by atoms with Gasteiger partial charge in [0.2, 0.25) is 5.91 Å². The molecule has 7 nitrogen and oxygen atoms in total. The van der Waals surface area contributed by atoms with Gasteiger partial charge < -0.3 is 15.5 Å². The molecule has 0 aliphatic carbocycles. The maximum Gasteiger partial charge on any atom is 0.271 e. The van der Waals surface area contributed by atoms with E-state index in [9.17, 15) is 14.9 Å². The molecule has 0 fully saturated rings. The average Bonchev–Trinajstić information content (AvgIpc) is 2.46. The van der Waals surface area contributed by atoms with Gasteiger partial charge in [-0.15, -0.1) is 0 Å². The number of nitro benzene ring substituents is 1. The van der Waals surface area contributed by atoms with Crippen LogP contribution in [0.5, 0.6) is 0 Å². The Morgan fingerprint density at radius 3 is 2.68 bits per heavy atom. The summed E-state index contributed by atoms with van der Waals surface area (Å²) in [4.78, 5) is 23.5. The van der Waals surface area contributed by atoms with Crippen LogP contribution in [0.2, 0.25) is 5.02 Å². The molecule has 0 aliphatic rings. The number of hydrogen-bond donors (Lipinski definition) is 2. The summed E-state index contributed by atoms with van der Waals surface area (Å²) in [7, 11) is 0. The Bertz CT molecular complexity index is 582. The highest BCUT2D eigenvalue weighted by atomic mass is 35.5. The third-order valence-electron chi connectivity index (χ3n) is 2.78. The zero-order valence-corrected chi connectivity index (χ0v) is 13.8. The van der Waals surface area contributed by atoms with E-state index in [0.29, 0.717) is 23.8 Å². The van der Waals surface area contributed by atoms with Crippen LogP contribution in [0.3, 0.4) is 0 Å². The normalized spacial score (nSPS) is 9.95. The molecule has 0 unspecified atom stereocenters. The number of halogens is 1. The number of carbonyl (C=O) groups is 1. The van der Waals surface area contributed by atoms with Crippen LogP contribution in [0.1, 0.15) is 13.8 Å². The summed E-state index contributed by atoms with van der Waals surface area (Å²) in [5.74, 6) is -0.154. The molecule has 0 aliphatic heterocycles. The molecule has 0 saturated carbocycles. The first-order valence-electron chi connectivity index (χ1n) is 6.65. The number of rotatable bonds is 6. The Labute approximate surface area is 138 Å². The number of anilines is 1. The molecule has 0 heterocycles. The molecule has 0 bridgehead atoms. The predicted molar refractivity (Wildman–Crippen MR) is 90.3 cm³/mol. The first-order chi connectivity index (χ1) is 10.4. The van der Waals surface area contributed by atoms with Crippen LogP contribution in [0, 0.1) is 10.1 Å². The average molecular weight is 345 g/mol. The van der Waals surface area contributed by atoms with E-state index in [2.05, 4.69) is 10.6 Å². The first kappa shape index (κ1) is 18.1. The van der Waals surface area contributed by atoms with Crippen molar-refractivity contribution >= 4 is 46.2 Å². The smallest absolute Gasteiger partial charge is 0.271 e. The molecule has 120 valence electrons. The van der Waals surface area contributed by atoms with Crippen molar-refractivity contribution in [1.29, 1.82) is 0 Å². The standard InChI is InChI=1S/C13H17ClN4O3S/c1-3-15-12(19)8-17(4-2)13(22)16-11-7-9(18(20)21)5-6-10(11)14/h5-7H,3-4,8H2,1-2H3,(H,15,19)(H,16,22). The van der Waals surface area contributed by atoms with Crippen LogP contribution in [0.4, 0.5) is 11.4 Å². The van der Waals surface area contributed by atoms with Crippen LogP contribution in [0.25, 0.3) is 0 Å². The number of likely N-dealkylation sites (N-methyl/N-ethyl adjacent to an activating group) is 2. The highest BCUT2D eigenvalue weighted by molar-refractivity contribution is 7.80. The molecule has 2 N–H and O–H groups in total. The van der Waals surface area contributed by atoms with E-state index in [1.54, 1.807) is 4.90 Å². The minimum absolute atomic E-state index is 0.0959. The summed E-state index contributed by atoms with van der Waals surface area (Å²) in [6.45, 7) is 4.82. The zero-order chi connectivity index (χ0) is 16.7. The van der Waals surface area contributed by atoms with Crippen molar-refractivity contribution in [2.45, 2.75) is 13.8 Å². The maximum absolute atomic E-state index is 11.6. The predicted octanol–water partition coefficient (Wildman–Crippen LogP) is 2.40. The lowest BCUT2D eigenvalue weighted by molar-refractivity contribution is -0.384. The summed E-state index contributed by atoms with van der Waals surface area (Å²) in [5, 5.41) is 16.9. The maximum atomic E-state index is 11.6. The highest BCUT2D eigenvalue weighted by Gasteiger charge is 2.15. The molecule has 1 amide bonds. The fraction of sp³-hybridized carbons (Fsp3) is 0.385. The van der Waals surface area contributed by atoms with Crippen LogP contribution < -0.4 is 10.6 Å². The van der Waals surface area contributed by atoms with Gasteiger partial charge in [0.05, 0.1) is 22.2 Å². The quantitative estimate of drug-likeness (QED) is 0.468. The first-order valence-corrected chi connectivity index (χ1v) is 7.44. The van der Waals surface area contributed by atoms with E-state index in [1.165, 1.54) is 18.2 Å². The van der Waals surface area contributed by atoms with Crippen LogP contribution in [0.15, 0.2) is 18.2 Å². The van der Waals surface area contributed by atoms with Gasteiger partial charge in [-0.25, -0.2) is 0 Å². The van der Waals surface area contributed by atoms with Gasteiger partial charge in [-0.05, 0) is 32.1 Å². The second-order valence-electron chi connectivity index (χ2n) is 4.32. The molecule has 9 heteroatoms. The van der Waals surface area contributed by atoms with Crippen molar-refractivity contribution in [3.63, 3.8) is 0 Å². The van der Waals surface area contributed by atoms with Gasteiger partial charge in [0.25, 0.3) is 5.69 Å². The fourth-order valence-corrected chi connectivity index (χ4v) is 2.14. The Hall–Kier alpha value is -1.93. The molecule has 1 aromatic carbocycles. The number of benzene rings is 1. The molecule has 0 radical (unpaired) electrons. The molecule has 1 rings (SSSR count). The van der Waals surface area contributed by atoms with E-state index in [1.807, 2.05) is 13.8 Å². The number of non-ortho nitro benzene ring substituents is 1. The minimum Gasteiger partial charge on any atom is -0.355 e. The number of amides is 1. The molecular weight excluding hydrogens is 328 g/mol. The van der Waals surface area contributed by atoms with Crippen molar-refractivity contribution < 1.29 is 9.72 Å². The second kappa shape index (κ2) is 8.50. The number of hydrogen-bond acceptors (Lipinski definition) is 4. The Balaban J connectivity index is 2.83. The van der Waals surface area contributed by atoms with Crippen molar-refractivity contribution in [2.75, 3.05) is 25.0 Å². The SMILES string of the molecule is CCNC(=O)CN(CC)C(=S)Nc1cc([N+](=O)[O-])ccc1Cl. The summed E-state index contributed by atoms with van der Waals surface area (Å²) < 4.78 is 0. The van der Waals surface area contributed by atoms with E-state index < -0.39 is 4.92 Å². The third-order valence-corrected chi connectivity index (χ3v) is 3.47. The van der Waals surface area contributed by atoms with Gasteiger partial charge in [-0.1, -0.05) is 11.6 Å². The Morgan fingerprint density at radius 2 is 2.14 bits per heavy atom. The van der Waals surface area contributed by atoms with E-state index in [0.717, 1.165) is 0 Å². The molecule has 0 aromatic heterocycles. The molecule has 0 saturated heterocycles. The summed E-state index contributed by atoms with van der Waals surface area (Å²) in [6.07, 6.45) is 0. The van der Waals surface area contributed by atoms with Crippen LogP contribution in [-0.4, -0.2) is 40.5 Å². The zero-order valence-electron chi connectivity index (χ0n) is 12.3. The fourth-order valence-electron chi connectivity index (χ4n) is 1.67. The van der Waals surface area contributed by atoms with Crippen molar-refractivity contribution in [1.82, 2.24) is 10.2 Å². The van der Waals surface area contributed by atoms with Crippen molar-refractivity contribution in [2.24, 2.45) is 0 Å².